The van der Waals surface area contributed by atoms with Gasteiger partial charge in [0.05, 0.1) is 17.6 Å². The summed E-state index contributed by atoms with van der Waals surface area (Å²) in [5.74, 6) is -0.368. The number of sulfonamides is 1. The van der Waals surface area contributed by atoms with E-state index in [1.165, 1.54) is 0 Å². The number of amides is 1. The standard InChI is InChI=1S/C10H19N5O3S/c1-3-7-8(11)9(15-14-7)10(16)12-5-4-6-13-19(2,17)18/h13H,3-6,11H2,1-2H3,(H,12,16)(H,14,15). The molecule has 0 radical (unpaired) electrons. The van der Waals surface area contributed by atoms with Gasteiger partial charge in [-0.1, -0.05) is 6.92 Å². The predicted molar refractivity (Wildman–Crippen MR) is 72.2 cm³/mol. The average molecular weight is 289 g/mol. The van der Waals surface area contributed by atoms with Crippen molar-refractivity contribution in [3.63, 3.8) is 0 Å². The summed E-state index contributed by atoms with van der Waals surface area (Å²) < 4.78 is 23.9. The number of hydrogen-bond acceptors (Lipinski definition) is 5. The first-order chi connectivity index (χ1) is 8.85. The Morgan fingerprint density at radius 2 is 2.11 bits per heavy atom. The smallest absolute Gasteiger partial charge is 0.273 e. The van der Waals surface area contributed by atoms with Gasteiger partial charge < -0.3 is 11.1 Å². The van der Waals surface area contributed by atoms with Crippen molar-refractivity contribution in [3.8, 4) is 0 Å². The van der Waals surface area contributed by atoms with Crippen LogP contribution in [-0.4, -0.2) is 43.9 Å². The molecule has 0 unspecified atom stereocenters. The Balaban J connectivity index is 2.37. The first kappa shape index (κ1) is 15.4. The number of carbonyl (C=O) groups excluding carboxylic acids is 1. The van der Waals surface area contributed by atoms with E-state index in [0.717, 1.165) is 11.9 Å². The molecular formula is C10H19N5O3S. The van der Waals surface area contributed by atoms with E-state index in [1.807, 2.05) is 6.92 Å². The third-order valence-corrected chi connectivity index (χ3v) is 3.18. The maximum atomic E-state index is 11.7. The van der Waals surface area contributed by atoms with Crippen LogP contribution < -0.4 is 15.8 Å². The minimum absolute atomic E-state index is 0.174. The normalized spacial score (nSPS) is 11.5. The Hall–Kier alpha value is -1.61. The molecular weight excluding hydrogens is 270 g/mol. The monoisotopic (exact) mass is 289 g/mol. The molecule has 5 N–H and O–H groups in total. The van der Waals surface area contributed by atoms with Gasteiger partial charge in [0.1, 0.15) is 0 Å². The van der Waals surface area contributed by atoms with Crippen molar-refractivity contribution >= 4 is 21.6 Å². The number of nitrogens with two attached hydrogens (primary N) is 1. The maximum absolute atomic E-state index is 11.7. The molecule has 0 aromatic carbocycles. The van der Waals surface area contributed by atoms with Gasteiger partial charge >= 0.3 is 0 Å². The van der Waals surface area contributed by atoms with Crippen molar-refractivity contribution in [1.82, 2.24) is 20.2 Å². The second kappa shape index (κ2) is 6.53. The molecule has 8 nitrogen and oxygen atoms in total. The second-order valence-electron chi connectivity index (χ2n) is 4.09. The third-order valence-electron chi connectivity index (χ3n) is 2.45. The first-order valence-corrected chi connectivity index (χ1v) is 7.79. The van der Waals surface area contributed by atoms with Crippen LogP contribution in [0.5, 0.6) is 0 Å². The number of aromatic nitrogens is 2. The number of aromatic amines is 1. The van der Waals surface area contributed by atoms with Crippen LogP contribution in [0.1, 0.15) is 29.5 Å². The van der Waals surface area contributed by atoms with Gasteiger partial charge in [-0.15, -0.1) is 0 Å². The Labute approximate surface area is 112 Å². The summed E-state index contributed by atoms with van der Waals surface area (Å²) in [6.07, 6.45) is 2.25. The fraction of sp³-hybridized carbons (Fsp3) is 0.600. The highest BCUT2D eigenvalue weighted by Gasteiger charge is 2.15. The van der Waals surface area contributed by atoms with E-state index in [1.54, 1.807) is 0 Å². The molecule has 0 aliphatic carbocycles. The van der Waals surface area contributed by atoms with Gasteiger partial charge in [0.2, 0.25) is 10.0 Å². The van der Waals surface area contributed by atoms with Gasteiger partial charge in [-0.05, 0) is 12.8 Å². The molecule has 9 heteroatoms. The summed E-state index contributed by atoms with van der Waals surface area (Å²) in [7, 11) is -3.18. The summed E-state index contributed by atoms with van der Waals surface area (Å²) in [5, 5.41) is 9.18. The van der Waals surface area contributed by atoms with E-state index < -0.39 is 10.0 Å². The molecule has 0 fully saturated rings. The van der Waals surface area contributed by atoms with Gasteiger partial charge in [-0.2, -0.15) is 5.10 Å². The highest BCUT2D eigenvalue weighted by atomic mass is 32.2. The van der Waals surface area contributed by atoms with Crippen molar-refractivity contribution in [2.45, 2.75) is 19.8 Å². The molecule has 0 aliphatic heterocycles. The molecule has 0 saturated heterocycles. The number of carbonyl (C=O) groups is 1. The average Bonchev–Trinajstić information content (AvgIpc) is 2.68. The molecule has 0 atom stereocenters. The summed E-state index contributed by atoms with van der Waals surface area (Å²) in [6.45, 7) is 2.52. The number of rotatable bonds is 7. The molecule has 1 aromatic heterocycles. The SMILES string of the molecule is CCc1[nH]nc(C(=O)NCCCNS(C)(=O)=O)c1N. The molecule has 0 spiro atoms. The van der Waals surface area contributed by atoms with Crippen LogP contribution in [0.25, 0.3) is 0 Å². The highest BCUT2D eigenvalue weighted by Crippen LogP contribution is 2.13. The summed E-state index contributed by atoms with van der Waals surface area (Å²) in [6, 6.07) is 0. The Bertz CT molecular complexity index is 537. The van der Waals surface area contributed by atoms with Crippen molar-refractivity contribution < 1.29 is 13.2 Å². The van der Waals surface area contributed by atoms with Gasteiger partial charge in [-0.25, -0.2) is 13.1 Å². The van der Waals surface area contributed by atoms with Crippen LogP contribution in [0.15, 0.2) is 0 Å². The fourth-order valence-electron chi connectivity index (χ4n) is 1.46. The van der Waals surface area contributed by atoms with Crippen molar-refractivity contribution in [1.29, 1.82) is 0 Å². The number of nitrogens with one attached hydrogen (secondary N) is 3. The molecule has 0 saturated carbocycles. The van der Waals surface area contributed by atoms with Crippen molar-refractivity contribution in [2.75, 3.05) is 25.1 Å². The lowest BCUT2D eigenvalue weighted by molar-refractivity contribution is 0.0949. The number of H-pyrrole nitrogens is 1. The van der Waals surface area contributed by atoms with Crippen LogP contribution in [0, 0.1) is 0 Å². The van der Waals surface area contributed by atoms with Crippen molar-refractivity contribution in [3.05, 3.63) is 11.4 Å². The maximum Gasteiger partial charge on any atom is 0.273 e. The molecule has 0 bridgehead atoms. The van der Waals surface area contributed by atoms with Gasteiger partial charge in [-0.3, -0.25) is 9.89 Å². The second-order valence-corrected chi connectivity index (χ2v) is 5.93. The minimum atomic E-state index is -3.18. The zero-order chi connectivity index (χ0) is 14.5. The van der Waals surface area contributed by atoms with Crippen LogP contribution in [0.4, 0.5) is 5.69 Å². The van der Waals surface area contributed by atoms with Crippen LogP contribution >= 0.6 is 0 Å². The molecule has 1 aromatic rings. The lowest BCUT2D eigenvalue weighted by Crippen LogP contribution is -2.29. The van der Waals surface area contributed by atoms with Gasteiger partial charge in [0.15, 0.2) is 5.69 Å². The number of hydrogen-bond donors (Lipinski definition) is 4. The lowest BCUT2D eigenvalue weighted by Gasteiger charge is -2.04. The predicted octanol–water partition coefficient (Wildman–Crippen LogP) is -0.777. The molecule has 19 heavy (non-hydrogen) atoms. The number of aryl methyl sites for hydroxylation is 1. The summed E-state index contributed by atoms with van der Waals surface area (Å²) in [4.78, 5) is 11.7. The van der Waals surface area contributed by atoms with Crippen LogP contribution in [0.2, 0.25) is 0 Å². The summed E-state index contributed by atoms with van der Waals surface area (Å²) >= 11 is 0. The zero-order valence-electron chi connectivity index (χ0n) is 11.0. The van der Waals surface area contributed by atoms with E-state index in [0.29, 0.717) is 25.1 Å². The third kappa shape index (κ3) is 4.87. The van der Waals surface area contributed by atoms with E-state index in [2.05, 4.69) is 20.2 Å². The Kier molecular flexibility index (Phi) is 5.31. The zero-order valence-corrected chi connectivity index (χ0v) is 11.8. The van der Waals surface area contributed by atoms with Gasteiger partial charge in [0.25, 0.3) is 5.91 Å². The van der Waals surface area contributed by atoms with Crippen molar-refractivity contribution in [2.24, 2.45) is 0 Å². The first-order valence-electron chi connectivity index (χ1n) is 5.90. The molecule has 0 aliphatic rings. The topological polar surface area (TPSA) is 130 Å². The van der Waals surface area contributed by atoms with E-state index in [-0.39, 0.29) is 18.1 Å². The van der Waals surface area contributed by atoms with E-state index in [4.69, 9.17) is 5.73 Å². The van der Waals surface area contributed by atoms with E-state index >= 15 is 0 Å². The van der Waals surface area contributed by atoms with Crippen LogP contribution in [-0.2, 0) is 16.4 Å². The lowest BCUT2D eigenvalue weighted by atomic mass is 10.2. The highest BCUT2D eigenvalue weighted by molar-refractivity contribution is 7.88. The molecule has 108 valence electrons. The molecule has 1 amide bonds. The van der Waals surface area contributed by atoms with E-state index in [9.17, 15) is 13.2 Å². The Morgan fingerprint density at radius 1 is 1.42 bits per heavy atom. The Morgan fingerprint density at radius 3 is 2.63 bits per heavy atom. The largest absolute Gasteiger partial charge is 0.395 e. The number of nitrogen functional groups attached to an aromatic ring is 1. The quantitative estimate of drug-likeness (QED) is 0.489. The number of anilines is 1. The van der Waals surface area contributed by atoms with Gasteiger partial charge in [0, 0.05) is 13.1 Å². The number of nitrogens with zero attached hydrogens (tertiary/aromatic N) is 1. The summed E-state index contributed by atoms with van der Waals surface area (Å²) in [5.41, 5.74) is 7.01. The minimum Gasteiger partial charge on any atom is -0.395 e. The molecule has 1 heterocycles. The molecule has 1 rings (SSSR count). The fourth-order valence-corrected chi connectivity index (χ4v) is 1.98. The van der Waals surface area contributed by atoms with Crippen LogP contribution in [0.3, 0.4) is 0 Å².